The topological polar surface area (TPSA) is 94.1 Å². The Morgan fingerprint density at radius 3 is 1.57 bits per heavy atom. The van der Waals surface area contributed by atoms with Crippen molar-refractivity contribution in [3.8, 4) is 0 Å². The van der Waals surface area contributed by atoms with Gasteiger partial charge in [0, 0.05) is 26.9 Å². The smallest absolute Gasteiger partial charge is 0.196 e. The second-order valence-corrected chi connectivity index (χ2v) is 9.87. The lowest BCUT2D eigenvalue weighted by atomic mass is 9.99. The minimum absolute atomic E-state index is 0.0104. The van der Waals surface area contributed by atoms with Crippen LogP contribution in [0.2, 0.25) is 15.1 Å². The van der Waals surface area contributed by atoms with Gasteiger partial charge in [-0.3, -0.25) is 19.2 Å². The third-order valence-electron chi connectivity index (χ3n) is 6.77. The normalized spacial score (nSPS) is 12.1. The van der Waals surface area contributed by atoms with Gasteiger partial charge in [-0.05, 0) is 30.3 Å². The van der Waals surface area contributed by atoms with Gasteiger partial charge in [0.05, 0.1) is 42.3 Å². The third kappa shape index (κ3) is 2.83. The number of fused-ring (bicyclic) bond motifs is 8. The van der Waals surface area contributed by atoms with Crippen LogP contribution < -0.4 is 21.7 Å². The van der Waals surface area contributed by atoms with Crippen molar-refractivity contribution in [3.63, 3.8) is 0 Å². The molecule has 0 saturated carbocycles. The molecule has 0 atom stereocenters. The van der Waals surface area contributed by atoms with Gasteiger partial charge in [-0.25, -0.2) is 9.97 Å². The summed E-state index contributed by atoms with van der Waals surface area (Å²) in [5, 5.41) is 1.15. The fourth-order valence-electron chi connectivity index (χ4n) is 5.07. The van der Waals surface area contributed by atoms with Crippen molar-refractivity contribution in [3.05, 3.63) is 111 Å². The van der Waals surface area contributed by atoms with Crippen molar-refractivity contribution >= 4 is 100.0 Å². The van der Waals surface area contributed by atoms with Crippen molar-refractivity contribution in [2.75, 3.05) is 0 Å². The van der Waals surface area contributed by atoms with Crippen molar-refractivity contribution < 1.29 is 0 Å². The van der Waals surface area contributed by atoms with Crippen LogP contribution >= 0.6 is 34.8 Å². The van der Waals surface area contributed by atoms with Crippen molar-refractivity contribution in [2.24, 2.45) is 0 Å². The van der Waals surface area contributed by atoms with E-state index in [1.54, 1.807) is 36.4 Å². The monoisotopic (exact) mass is 542 g/mol. The molecule has 0 aliphatic carbocycles. The van der Waals surface area contributed by atoms with Gasteiger partial charge in [0.15, 0.2) is 21.7 Å². The number of aromatic nitrogens is 2. The highest BCUT2D eigenvalue weighted by Crippen LogP contribution is 2.36. The molecule has 0 N–H and O–H groups in total. The van der Waals surface area contributed by atoms with Crippen LogP contribution in [0.1, 0.15) is 0 Å². The first-order valence-electron chi connectivity index (χ1n) is 11.0. The van der Waals surface area contributed by atoms with E-state index < -0.39 is 10.9 Å². The molecule has 0 unspecified atom stereocenters. The zero-order valence-corrected chi connectivity index (χ0v) is 20.6. The van der Waals surface area contributed by atoms with E-state index in [4.69, 9.17) is 34.8 Å². The van der Waals surface area contributed by atoms with Gasteiger partial charge in [0.1, 0.15) is 11.0 Å². The first-order chi connectivity index (χ1) is 17.8. The van der Waals surface area contributed by atoms with E-state index in [9.17, 15) is 19.2 Å². The maximum absolute atomic E-state index is 13.6. The summed E-state index contributed by atoms with van der Waals surface area (Å²) in [5.41, 5.74) is -0.570. The minimum Gasteiger partial charge on any atom is -0.289 e. The Morgan fingerprint density at radius 1 is 0.486 bits per heavy atom. The summed E-state index contributed by atoms with van der Waals surface area (Å²) < 4.78 is 0. The third-order valence-corrected chi connectivity index (χ3v) is 8.03. The van der Waals surface area contributed by atoms with Crippen LogP contribution in [0.5, 0.6) is 0 Å². The van der Waals surface area contributed by atoms with E-state index in [1.165, 1.54) is 18.2 Å². The Hall–Kier alpha value is -3.97. The highest BCUT2D eigenvalue weighted by Gasteiger charge is 2.21. The SMILES string of the molecule is O=c1c2ccccc2c(=O)c2c1ccc1nc3c(ccc4c(=O)c5c(Cl)c(Cl)c(Cl)cc5c(=O)c43)nc12. The maximum atomic E-state index is 13.6. The van der Waals surface area contributed by atoms with Gasteiger partial charge >= 0.3 is 0 Å². The molecule has 0 spiro atoms. The van der Waals surface area contributed by atoms with Gasteiger partial charge < -0.3 is 0 Å². The van der Waals surface area contributed by atoms with Gasteiger partial charge in [0.25, 0.3) is 0 Å². The first-order valence-corrected chi connectivity index (χ1v) is 12.1. The number of benzene rings is 6. The van der Waals surface area contributed by atoms with Crippen LogP contribution in [0, 0.1) is 0 Å². The molecule has 7 aromatic rings. The molecule has 37 heavy (non-hydrogen) atoms. The predicted molar refractivity (Wildman–Crippen MR) is 150 cm³/mol. The standard InChI is InChI=1S/C28H9Cl3N2O4/c29-15-9-14-18(22(31)21(15)30)27(36)13-6-8-17-24(20(13)28(14)37)33-16-7-5-12-19(23(16)32-17)26(35)11-4-2-1-3-10(11)25(12)34/h1-9H. The zero-order valence-electron chi connectivity index (χ0n) is 18.4. The van der Waals surface area contributed by atoms with Crippen molar-refractivity contribution in [1.29, 1.82) is 0 Å². The second kappa shape index (κ2) is 7.52. The number of nitrogens with zero attached hydrogens (tertiary/aromatic N) is 2. The Labute approximate surface area is 220 Å². The number of rotatable bonds is 0. The van der Waals surface area contributed by atoms with Crippen LogP contribution in [0.3, 0.4) is 0 Å². The quantitative estimate of drug-likeness (QED) is 0.139. The largest absolute Gasteiger partial charge is 0.289 e. The summed E-state index contributed by atoms with van der Waals surface area (Å²) in [4.78, 5) is 62.8. The summed E-state index contributed by atoms with van der Waals surface area (Å²) >= 11 is 18.6. The Bertz CT molecular complexity index is 2430. The number of hydrogen-bond acceptors (Lipinski definition) is 6. The lowest BCUT2D eigenvalue weighted by molar-refractivity contribution is 1.41. The van der Waals surface area contributed by atoms with E-state index in [2.05, 4.69) is 9.97 Å². The molecule has 0 radical (unpaired) electrons. The Balaban J connectivity index is 1.70. The molecule has 0 saturated heterocycles. The summed E-state index contributed by atoms with van der Waals surface area (Å²) in [5.74, 6) is 0. The maximum Gasteiger partial charge on any atom is 0.196 e. The van der Waals surface area contributed by atoms with Crippen LogP contribution in [-0.2, 0) is 0 Å². The highest BCUT2D eigenvalue weighted by molar-refractivity contribution is 6.50. The highest BCUT2D eigenvalue weighted by atomic mass is 35.5. The van der Waals surface area contributed by atoms with E-state index >= 15 is 0 Å². The zero-order chi connectivity index (χ0) is 25.7. The molecular weight excluding hydrogens is 535 g/mol. The molecule has 0 aliphatic heterocycles. The molecule has 0 bridgehead atoms. The summed E-state index contributed by atoms with van der Waals surface area (Å²) in [6.07, 6.45) is 0. The van der Waals surface area contributed by atoms with Gasteiger partial charge in [-0.1, -0.05) is 59.1 Å². The molecule has 0 aliphatic rings. The Morgan fingerprint density at radius 2 is 0.973 bits per heavy atom. The fourth-order valence-corrected chi connectivity index (χ4v) is 5.76. The van der Waals surface area contributed by atoms with Gasteiger partial charge in [-0.2, -0.15) is 0 Å². The molecule has 176 valence electrons. The average molecular weight is 544 g/mol. The molecule has 7 rings (SSSR count). The van der Waals surface area contributed by atoms with Crippen molar-refractivity contribution in [1.82, 2.24) is 9.97 Å². The number of hydrogen-bond donors (Lipinski definition) is 0. The van der Waals surface area contributed by atoms with Crippen LogP contribution in [-0.4, -0.2) is 9.97 Å². The van der Waals surface area contributed by atoms with Crippen LogP contribution in [0.4, 0.5) is 0 Å². The predicted octanol–water partition coefficient (Wildman–Crippen LogP) is 5.67. The second-order valence-electron chi connectivity index (χ2n) is 8.71. The molecule has 0 fully saturated rings. The molecule has 0 amide bonds. The first kappa shape index (κ1) is 22.2. The molecule has 1 heterocycles. The molecule has 1 aromatic heterocycles. The van der Waals surface area contributed by atoms with Crippen LogP contribution in [0.15, 0.2) is 73.8 Å². The van der Waals surface area contributed by atoms with Gasteiger partial charge in [0.2, 0.25) is 0 Å². The molecule has 6 aromatic carbocycles. The summed E-state index contributed by atoms with van der Waals surface area (Å²) in [6.45, 7) is 0. The summed E-state index contributed by atoms with van der Waals surface area (Å²) in [7, 11) is 0. The van der Waals surface area contributed by atoms with E-state index in [-0.39, 0.29) is 74.8 Å². The molecule has 6 nitrogen and oxygen atoms in total. The fraction of sp³-hybridized carbons (Fsp3) is 0. The van der Waals surface area contributed by atoms with Crippen LogP contribution in [0.25, 0.3) is 65.2 Å². The van der Waals surface area contributed by atoms with E-state index in [1.807, 2.05) is 0 Å². The van der Waals surface area contributed by atoms with E-state index in [0.29, 0.717) is 16.3 Å². The number of halogens is 3. The average Bonchev–Trinajstić information content (AvgIpc) is 2.91. The summed E-state index contributed by atoms with van der Waals surface area (Å²) in [6, 6.07) is 14.1. The minimum atomic E-state index is -0.498. The van der Waals surface area contributed by atoms with Gasteiger partial charge in [-0.15, -0.1) is 0 Å². The van der Waals surface area contributed by atoms with Crippen molar-refractivity contribution in [2.45, 2.75) is 0 Å². The Kier molecular flexibility index (Phi) is 4.52. The molecule has 9 heteroatoms. The lowest BCUT2D eigenvalue weighted by Gasteiger charge is -2.09. The van der Waals surface area contributed by atoms with E-state index in [0.717, 1.165) is 0 Å². The lowest BCUT2D eigenvalue weighted by Crippen LogP contribution is -2.15. The molecular formula is C28H9Cl3N2O4.